The number of rotatable bonds is 6. The van der Waals surface area contributed by atoms with Crippen LogP contribution in [0.1, 0.15) is 29.7 Å². The van der Waals surface area contributed by atoms with Gasteiger partial charge in [0.15, 0.2) is 4.80 Å². The number of benzene rings is 3. The molecule has 5 rings (SSSR count). The Morgan fingerprint density at radius 1 is 1.13 bits per heavy atom. The fraction of sp³-hybridized carbons (Fsp3) is 0.138. The average molecular weight is 610 g/mol. The predicted octanol–water partition coefficient (Wildman–Crippen LogP) is 5.36. The van der Waals surface area contributed by atoms with E-state index in [1.165, 1.54) is 11.3 Å². The van der Waals surface area contributed by atoms with Crippen LogP contribution in [0.15, 0.2) is 92.6 Å². The van der Waals surface area contributed by atoms with E-state index in [-0.39, 0.29) is 12.2 Å². The van der Waals surface area contributed by atoms with Crippen molar-refractivity contribution in [1.82, 2.24) is 4.57 Å². The minimum atomic E-state index is -0.748. The van der Waals surface area contributed by atoms with Crippen LogP contribution in [0, 0.1) is 0 Å². The van der Waals surface area contributed by atoms with Crippen LogP contribution in [0.4, 0.5) is 0 Å². The SMILES string of the molecule is CCOC(=O)C1=C(c2ccccc2)N=c2s/c(=C\c3ccc(OC)c(Br)c3)c(=O)n2C1c1ccc(Cl)cc1. The zero-order valence-corrected chi connectivity index (χ0v) is 23.6. The van der Waals surface area contributed by atoms with Gasteiger partial charge in [-0.25, -0.2) is 9.79 Å². The molecule has 1 aliphatic heterocycles. The lowest BCUT2D eigenvalue weighted by Crippen LogP contribution is -2.40. The second kappa shape index (κ2) is 11.1. The van der Waals surface area contributed by atoms with Crippen LogP contribution >= 0.6 is 38.9 Å². The Morgan fingerprint density at radius 3 is 2.53 bits per heavy atom. The maximum Gasteiger partial charge on any atom is 0.338 e. The largest absolute Gasteiger partial charge is 0.496 e. The van der Waals surface area contributed by atoms with E-state index < -0.39 is 12.0 Å². The third kappa shape index (κ3) is 4.99. The van der Waals surface area contributed by atoms with Crippen molar-refractivity contribution in [1.29, 1.82) is 0 Å². The lowest BCUT2D eigenvalue weighted by molar-refractivity contribution is -0.138. The van der Waals surface area contributed by atoms with Crippen LogP contribution in [0.25, 0.3) is 11.8 Å². The molecule has 0 spiro atoms. The fourth-order valence-corrected chi connectivity index (χ4v) is 6.01. The normalized spacial score (nSPS) is 15.2. The van der Waals surface area contributed by atoms with Gasteiger partial charge in [-0.15, -0.1) is 0 Å². The van der Waals surface area contributed by atoms with Crippen LogP contribution in [-0.4, -0.2) is 24.3 Å². The molecule has 0 saturated heterocycles. The molecule has 38 heavy (non-hydrogen) atoms. The molecule has 4 aromatic rings. The molecule has 0 N–H and O–H groups in total. The molecule has 1 aliphatic rings. The Balaban J connectivity index is 1.80. The van der Waals surface area contributed by atoms with Crippen molar-refractivity contribution in [3.8, 4) is 5.75 Å². The van der Waals surface area contributed by atoms with Gasteiger partial charge in [0.25, 0.3) is 5.56 Å². The number of esters is 1. The van der Waals surface area contributed by atoms with Crippen molar-refractivity contribution < 1.29 is 14.3 Å². The Kier molecular flexibility index (Phi) is 7.65. The first kappa shape index (κ1) is 26.2. The number of fused-ring (bicyclic) bond motifs is 1. The lowest BCUT2D eigenvalue weighted by atomic mass is 9.93. The summed E-state index contributed by atoms with van der Waals surface area (Å²) in [7, 11) is 1.60. The first-order chi connectivity index (χ1) is 18.4. The number of hydrogen-bond donors (Lipinski definition) is 0. The molecular weight excluding hydrogens is 588 g/mol. The smallest absolute Gasteiger partial charge is 0.338 e. The van der Waals surface area contributed by atoms with Gasteiger partial charge in [-0.3, -0.25) is 9.36 Å². The highest BCUT2D eigenvalue weighted by Gasteiger charge is 2.35. The molecule has 0 fully saturated rings. The molecular formula is C29H22BrClN2O4S. The number of carbonyl (C=O) groups excluding carboxylic acids is 1. The summed E-state index contributed by atoms with van der Waals surface area (Å²) in [5.41, 5.74) is 2.82. The third-order valence-corrected chi connectivity index (χ3v) is 7.89. The molecule has 1 aromatic heterocycles. The van der Waals surface area contributed by atoms with Crippen molar-refractivity contribution in [2.75, 3.05) is 13.7 Å². The van der Waals surface area contributed by atoms with Crippen LogP contribution in [0.5, 0.6) is 5.75 Å². The molecule has 3 aromatic carbocycles. The summed E-state index contributed by atoms with van der Waals surface area (Å²) < 4.78 is 13.6. The number of thiazole rings is 1. The molecule has 0 bridgehead atoms. The minimum absolute atomic E-state index is 0.189. The number of nitrogens with zero attached hydrogens (tertiary/aromatic N) is 2. The fourth-order valence-electron chi connectivity index (χ4n) is 4.32. The highest BCUT2D eigenvalue weighted by atomic mass is 79.9. The maximum absolute atomic E-state index is 13.9. The van der Waals surface area contributed by atoms with Gasteiger partial charge >= 0.3 is 5.97 Å². The van der Waals surface area contributed by atoms with Crippen molar-refractivity contribution in [3.63, 3.8) is 0 Å². The van der Waals surface area contributed by atoms with Gasteiger partial charge in [-0.1, -0.05) is 71.5 Å². The van der Waals surface area contributed by atoms with E-state index in [0.29, 0.717) is 31.4 Å². The van der Waals surface area contributed by atoms with Crippen LogP contribution < -0.4 is 19.6 Å². The first-order valence-electron chi connectivity index (χ1n) is 11.8. The standard InChI is InChI=1S/C29H22BrClN2O4S/c1-3-37-28(35)24-25(18-7-5-4-6-8-18)32-29-33(26(24)19-10-12-20(31)13-11-19)27(34)23(38-29)16-17-9-14-22(36-2)21(30)15-17/h4-16,26H,3H2,1-2H3/b23-16-. The quantitative estimate of drug-likeness (QED) is 0.276. The van der Waals surface area contributed by atoms with Crippen LogP contribution in [-0.2, 0) is 9.53 Å². The monoisotopic (exact) mass is 608 g/mol. The summed E-state index contributed by atoms with van der Waals surface area (Å²) in [5.74, 6) is 0.168. The van der Waals surface area contributed by atoms with Gasteiger partial charge in [0.2, 0.25) is 0 Å². The van der Waals surface area contributed by atoms with Gasteiger partial charge < -0.3 is 9.47 Å². The highest BCUT2D eigenvalue weighted by molar-refractivity contribution is 9.10. The first-order valence-corrected chi connectivity index (χ1v) is 13.8. The predicted molar refractivity (Wildman–Crippen MR) is 153 cm³/mol. The molecule has 9 heteroatoms. The molecule has 2 heterocycles. The molecule has 1 atom stereocenters. The molecule has 1 unspecified atom stereocenters. The topological polar surface area (TPSA) is 69.9 Å². The second-order valence-corrected chi connectivity index (χ2v) is 10.7. The minimum Gasteiger partial charge on any atom is -0.496 e. The van der Waals surface area contributed by atoms with Gasteiger partial charge in [-0.05, 0) is 64.3 Å². The number of methoxy groups -OCH3 is 1. The number of hydrogen-bond acceptors (Lipinski definition) is 6. The van der Waals surface area contributed by atoms with Crippen LogP contribution in [0.3, 0.4) is 0 Å². The van der Waals surface area contributed by atoms with Gasteiger partial charge in [0, 0.05) is 10.6 Å². The van der Waals surface area contributed by atoms with E-state index in [9.17, 15) is 9.59 Å². The highest BCUT2D eigenvalue weighted by Crippen LogP contribution is 2.35. The molecule has 192 valence electrons. The molecule has 0 amide bonds. The van der Waals surface area contributed by atoms with E-state index >= 15 is 0 Å². The Hall–Kier alpha value is -3.46. The second-order valence-electron chi connectivity index (χ2n) is 8.38. The summed E-state index contributed by atoms with van der Waals surface area (Å²) in [4.78, 5) is 32.7. The van der Waals surface area contributed by atoms with E-state index in [2.05, 4.69) is 15.9 Å². The maximum atomic E-state index is 13.9. The molecule has 0 radical (unpaired) electrons. The van der Waals surface area contributed by atoms with Crippen LogP contribution in [0.2, 0.25) is 5.02 Å². The number of carbonyl (C=O) groups is 1. The van der Waals surface area contributed by atoms with Crippen molar-refractivity contribution in [2.45, 2.75) is 13.0 Å². The van der Waals surface area contributed by atoms with E-state index in [1.807, 2.05) is 66.7 Å². The molecule has 0 aliphatic carbocycles. The number of halogens is 2. The Morgan fingerprint density at radius 2 is 1.87 bits per heavy atom. The Bertz CT molecular complexity index is 1730. The summed E-state index contributed by atoms with van der Waals surface area (Å²) in [6.45, 7) is 1.94. The van der Waals surface area contributed by atoms with Gasteiger partial charge in [0.05, 0.1) is 40.0 Å². The van der Waals surface area contributed by atoms with Gasteiger partial charge in [-0.2, -0.15) is 0 Å². The van der Waals surface area contributed by atoms with Crippen molar-refractivity contribution in [3.05, 3.63) is 124 Å². The molecule has 6 nitrogen and oxygen atoms in total. The number of ether oxygens (including phenoxy) is 2. The van der Waals surface area contributed by atoms with Crippen molar-refractivity contribution >= 4 is 56.6 Å². The average Bonchev–Trinajstić information content (AvgIpc) is 3.23. The zero-order chi connectivity index (χ0) is 26.8. The summed E-state index contributed by atoms with van der Waals surface area (Å²) in [5, 5.41) is 0.552. The lowest BCUT2D eigenvalue weighted by Gasteiger charge is -2.25. The van der Waals surface area contributed by atoms with Gasteiger partial charge in [0.1, 0.15) is 5.75 Å². The van der Waals surface area contributed by atoms with E-state index in [1.54, 1.807) is 30.7 Å². The summed E-state index contributed by atoms with van der Waals surface area (Å²) in [6.07, 6.45) is 1.81. The van der Waals surface area contributed by atoms with E-state index in [0.717, 1.165) is 21.2 Å². The molecule has 0 saturated carbocycles. The third-order valence-electron chi connectivity index (χ3n) is 6.03. The summed E-state index contributed by atoms with van der Waals surface area (Å²) >= 11 is 10.9. The number of aromatic nitrogens is 1. The van der Waals surface area contributed by atoms with E-state index in [4.69, 9.17) is 26.1 Å². The zero-order valence-electron chi connectivity index (χ0n) is 20.5. The summed E-state index contributed by atoms with van der Waals surface area (Å²) in [6, 6.07) is 21.4. The Labute approximate surface area is 236 Å². The van der Waals surface area contributed by atoms with Crippen molar-refractivity contribution in [2.24, 2.45) is 4.99 Å².